The molecule has 4 N–H and O–H groups in total. The maximum Gasteiger partial charge on any atom is 0.220 e. The van der Waals surface area contributed by atoms with Crippen molar-refractivity contribution in [3.05, 3.63) is 17.5 Å². The maximum absolute atomic E-state index is 11.6. The van der Waals surface area contributed by atoms with Crippen LogP contribution in [-0.2, 0) is 11.2 Å². The largest absolute Gasteiger partial charge is 0.356 e. The van der Waals surface area contributed by atoms with Crippen LogP contribution >= 0.6 is 0 Å². The molecule has 1 aromatic heterocycles. The van der Waals surface area contributed by atoms with E-state index in [9.17, 15) is 4.79 Å². The van der Waals surface area contributed by atoms with Crippen LogP contribution in [0, 0.1) is 12.8 Å². The summed E-state index contributed by atoms with van der Waals surface area (Å²) in [5.74, 6) is 0.678. The predicted octanol–water partition coefficient (Wildman–Crippen LogP) is 1.53. The van der Waals surface area contributed by atoms with Crippen molar-refractivity contribution in [3.63, 3.8) is 0 Å². The quantitative estimate of drug-likeness (QED) is 0.593. The second kappa shape index (κ2) is 8.69. The molecule has 0 radical (unpaired) electrons. The fourth-order valence-electron chi connectivity index (χ4n) is 2.03. The highest BCUT2D eigenvalue weighted by molar-refractivity contribution is 5.75. The summed E-state index contributed by atoms with van der Waals surface area (Å²) in [5.41, 5.74) is 7.82. The summed E-state index contributed by atoms with van der Waals surface area (Å²) in [4.78, 5) is 11.6. The van der Waals surface area contributed by atoms with Crippen molar-refractivity contribution in [1.82, 2.24) is 15.5 Å². The minimum atomic E-state index is 0.146. The zero-order chi connectivity index (χ0) is 14.1. The number of carbonyl (C=O) groups is 1. The van der Waals surface area contributed by atoms with Crippen LogP contribution in [0.25, 0.3) is 0 Å². The second-order valence-electron chi connectivity index (χ2n) is 5.19. The summed E-state index contributed by atoms with van der Waals surface area (Å²) in [6.07, 6.45) is 6.27. The summed E-state index contributed by atoms with van der Waals surface area (Å²) in [6, 6.07) is 0. The van der Waals surface area contributed by atoms with Gasteiger partial charge < -0.3 is 11.1 Å². The highest BCUT2D eigenvalue weighted by Crippen LogP contribution is 2.09. The number of carbonyl (C=O) groups excluding carboxylic acids is 1. The lowest BCUT2D eigenvalue weighted by atomic mass is 10.0. The van der Waals surface area contributed by atoms with Gasteiger partial charge in [-0.05, 0) is 50.6 Å². The van der Waals surface area contributed by atoms with Gasteiger partial charge in [-0.15, -0.1) is 0 Å². The monoisotopic (exact) mass is 266 g/mol. The molecule has 1 aromatic rings. The normalized spacial score (nSPS) is 12.4. The Balaban J connectivity index is 2.06. The minimum absolute atomic E-state index is 0.146. The average molecular weight is 266 g/mol. The van der Waals surface area contributed by atoms with Crippen LogP contribution in [0.1, 0.15) is 43.9 Å². The number of aromatic nitrogens is 2. The molecule has 1 unspecified atom stereocenters. The molecule has 0 saturated carbocycles. The molecule has 0 aliphatic heterocycles. The van der Waals surface area contributed by atoms with Gasteiger partial charge in [0.05, 0.1) is 6.20 Å². The first-order chi connectivity index (χ1) is 9.13. The predicted molar refractivity (Wildman–Crippen MR) is 76.7 cm³/mol. The molecular formula is C14H26N4O. The van der Waals surface area contributed by atoms with Gasteiger partial charge >= 0.3 is 0 Å². The number of nitrogens with two attached hydrogens (primary N) is 1. The van der Waals surface area contributed by atoms with E-state index in [-0.39, 0.29) is 5.91 Å². The summed E-state index contributed by atoms with van der Waals surface area (Å²) >= 11 is 0. The van der Waals surface area contributed by atoms with Crippen molar-refractivity contribution in [2.75, 3.05) is 13.1 Å². The number of hydrogen-bond donors (Lipinski definition) is 3. The van der Waals surface area contributed by atoms with E-state index in [2.05, 4.69) is 22.4 Å². The fourth-order valence-corrected chi connectivity index (χ4v) is 2.03. The SMILES string of the molecule is Cc1[nH]ncc1CCCNC(=O)CCC(C)CCN. The first-order valence-electron chi connectivity index (χ1n) is 7.09. The van der Waals surface area contributed by atoms with E-state index in [0.717, 1.165) is 37.9 Å². The lowest BCUT2D eigenvalue weighted by Gasteiger charge is -2.09. The van der Waals surface area contributed by atoms with E-state index in [4.69, 9.17) is 5.73 Å². The number of aryl methyl sites for hydroxylation is 2. The molecule has 5 heteroatoms. The minimum Gasteiger partial charge on any atom is -0.356 e. The second-order valence-corrected chi connectivity index (χ2v) is 5.19. The van der Waals surface area contributed by atoms with Crippen LogP contribution in [0.5, 0.6) is 0 Å². The molecule has 0 bridgehead atoms. The Morgan fingerprint density at radius 3 is 2.95 bits per heavy atom. The van der Waals surface area contributed by atoms with E-state index in [1.165, 1.54) is 5.56 Å². The molecule has 1 heterocycles. The van der Waals surface area contributed by atoms with Gasteiger partial charge in [-0.1, -0.05) is 6.92 Å². The van der Waals surface area contributed by atoms with Crippen LogP contribution in [0.4, 0.5) is 0 Å². The molecule has 0 aromatic carbocycles. The molecular weight excluding hydrogens is 240 g/mol. The number of rotatable bonds is 9. The van der Waals surface area contributed by atoms with Crippen molar-refractivity contribution < 1.29 is 4.79 Å². The van der Waals surface area contributed by atoms with Gasteiger partial charge in [0.1, 0.15) is 0 Å². The molecule has 1 amide bonds. The van der Waals surface area contributed by atoms with Crippen molar-refractivity contribution in [1.29, 1.82) is 0 Å². The molecule has 1 rings (SSSR count). The van der Waals surface area contributed by atoms with E-state index < -0.39 is 0 Å². The number of aromatic amines is 1. The van der Waals surface area contributed by atoms with Crippen molar-refractivity contribution in [2.45, 2.75) is 46.0 Å². The van der Waals surface area contributed by atoms with Crippen LogP contribution in [0.15, 0.2) is 6.20 Å². The fraction of sp³-hybridized carbons (Fsp3) is 0.714. The zero-order valence-corrected chi connectivity index (χ0v) is 12.0. The van der Waals surface area contributed by atoms with Gasteiger partial charge in [0, 0.05) is 18.7 Å². The Kier molecular flexibility index (Phi) is 7.18. The Morgan fingerprint density at radius 1 is 1.53 bits per heavy atom. The zero-order valence-electron chi connectivity index (χ0n) is 12.0. The third-order valence-electron chi connectivity index (χ3n) is 3.40. The molecule has 0 aliphatic carbocycles. The van der Waals surface area contributed by atoms with Gasteiger partial charge in [0.2, 0.25) is 5.91 Å². The lowest BCUT2D eigenvalue weighted by molar-refractivity contribution is -0.121. The molecule has 0 saturated heterocycles. The smallest absolute Gasteiger partial charge is 0.220 e. The van der Waals surface area contributed by atoms with Crippen LogP contribution in [0.2, 0.25) is 0 Å². The van der Waals surface area contributed by atoms with Crippen molar-refractivity contribution in [2.24, 2.45) is 11.7 Å². The summed E-state index contributed by atoms with van der Waals surface area (Å²) in [7, 11) is 0. The summed E-state index contributed by atoms with van der Waals surface area (Å²) < 4.78 is 0. The van der Waals surface area contributed by atoms with Gasteiger partial charge in [-0.2, -0.15) is 5.10 Å². The van der Waals surface area contributed by atoms with Crippen LogP contribution in [0.3, 0.4) is 0 Å². The van der Waals surface area contributed by atoms with E-state index in [1.807, 2.05) is 13.1 Å². The van der Waals surface area contributed by atoms with Gasteiger partial charge in [0.15, 0.2) is 0 Å². The Labute approximate surface area is 115 Å². The van der Waals surface area contributed by atoms with Crippen molar-refractivity contribution >= 4 is 5.91 Å². The summed E-state index contributed by atoms with van der Waals surface area (Å²) in [6.45, 7) is 5.59. The third kappa shape index (κ3) is 6.38. The lowest BCUT2D eigenvalue weighted by Crippen LogP contribution is -2.25. The molecule has 0 aliphatic rings. The Hall–Kier alpha value is -1.36. The standard InChI is InChI=1S/C14H26N4O/c1-11(7-8-15)5-6-14(19)16-9-3-4-13-10-17-18-12(13)2/h10-11H,3-9,15H2,1-2H3,(H,16,19)(H,17,18). The molecule has 19 heavy (non-hydrogen) atoms. The van der Waals surface area contributed by atoms with E-state index in [1.54, 1.807) is 0 Å². The third-order valence-corrected chi connectivity index (χ3v) is 3.40. The van der Waals surface area contributed by atoms with Crippen molar-refractivity contribution in [3.8, 4) is 0 Å². The van der Waals surface area contributed by atoms with Crippen LogP contribution < -0.4 is 11.1 Å². The van der Waals surface area contributed by atoms with E-state index in [0.29, 0.717) is 18.9 Å². The molecule has 0 fully saturated rings. The number of nitrogens with one attached hydrogen (secondary N) is 2. The Bertz CT molecular complexity index is 375. The average Bonchev–Trinajstić information content (AvgIpc) is 2.78. The molecule has 1 atom stereocenters. The first kappa shape index (κ1) is 15.7. The number of nitrogens with zero attached hydrogens (tertiary/aromatic N) is 1. The highest BCUT2D eigenvalue weighted by Gasteiger charge is 2.06. The number of hydrogen-bond acceptors (Lipinski definition) is 3. The summed E-state index contributed by atoms with van der Waals surface area (Å²) in [5, 5.41) is 9.86. The molecule has 108 valence electrons. The van der Waals surface area contributed by atoms with Crippen LogP contribution in [-0.4, -0.2) is 29.2 Å². The van der Waals surface area contributed by atoms with Gasteiger partial charge in [-0.3, -0.25) is 9.89 Å². The maximum atomic E-state index is 11.6. The first-order valence-corrected chi connectivity index (χ1v) is 7.09. The number of H-pyrrole nitrogens is 1. The molecule has 5 nitrogen and oxygen atoms in total. The van der Waals surface area contributed by atoms with E-state index >= 15 is 0 Å². The number of amides is 1. The van der Waals surface area contributed by atoms with Gasteiger partial charge in [-0.25, -0.2) is 0 Å². The highest BCUT2D eigenvalue weighted by atomic mass is 16.1. The Morgan fingerprint density at radius 2 is 2.32 bits per heavy atom. The molecule has 0 spiro atoms. The van der Waals surface area contributed by atoms with Gasteiger partial charge in [0.25, 0.3) is 0 Å². The topological polar surface area (TPSA) is 83.8 Å².